The summed E-state index contributed by atoms with van der Waals surface area (Å²) in [7, 11) is 1.66. The lowest BCUT2D eigenvalue weighted by atomic mass is 10.3. The monoisotopic (exact) mass is 265 g/mol. The van der Waals surface area contributed by atoms with E-state index in [1.165, 1.54) is 0 Å². The summed E-state index contributed by atoms with van der Waals surface area (Å²) >= 11 is 0. The molecule has 0 amide bonds. The number of benzene rings is 1. The van der Waals surface area contributed by atoms with Gasteiger partial charge in [0.15, 0.2) is 5.58 Å². The van der Waals surface area contributed by atoms with E-state index in [-0.39, 0.29) is 0 Å². The Hall–Kier alpha value is -1.79. The van der Waals surface area contributed by atoms with E-state index in [4.69, 9.17) is 19.6 Å². The lowest BCUT2D eigenvalue weighted by molar-refractivity contribution is 0.0705. The highest BCUT2D eigenvalue weighted by molar-refractivity contribution is 5.78. The third-order valence-electron chi connectivity index (χ3n) is 2.59. The zero-order valence-corrected chi connectivity index (χ0v) is 11.0. The van der Waals surface area contributed by atoms with Crippen molar-refractivity contribution >= 4 is 22.8 Å². The van der Waals surface area contributed by atoms with Gasteiger partial charge < -0.3 is 24.9 Å². The van der Waals surface area contributed by atoms with Gasteiger partial charge in [-0.1, -0.05) is 0 Å². The lowest BCUT2D eigenvalue weighted by Gasteiger charge is -2.03. The van der Waals surface area contributed by atoms with Crippen LogP contribution in [0, 0.1) is 0 Å². The van der Waals surface area contributed by atoms with Crippen molar-refractivity contribution in [2.75, 3.05) is 44.5 Å². The van der Waals surface area contributed by atoms with Gasteiger partial charge in [0, 0.05) is 25.9 Å². The van der Waals surface area contributed by atoms with Gasteiger partial charge in [-0.25, -0.2) is 0 Å². The van der Waals surface area contributed by atoms with Crippen molar-refractivity contribution in [2.24, 2.45) is 0 Å². The Morgan fingerprint density at radius 1 is 1.32 bits per heavy atom. The molecule has 1 heterocycles. The van der Waals surface area contributed by atoms with Crippen LogP contribution in [0.25, 0.3) is 11.1 Å². The molecule has 2 rings (SSSR count). The predicted octanol–water partition coefficient (Wildman–Crippen LogP) is 1.87. The lowest BCUT2D eigenvalue weighted by Crippen LogP contribution is -2.08. The molecule has 0 bridgehead atoms. The Balaban J connectivity index is 1.72. The maximum atomic E-state index is 5.68. The van der Waals surface area contributed by atoms with Gasteiger partial charge >= 0.3 is 0 Å². The predicted molar refractivity (Wildman–Crippen MR) is 74.2 cm³/mol. The molecule has 0 fully saturated rings. The summed E-state index contributed by atoms with van der Waals surface area (Å²) in [6.07, 6.45) is 0.880. The minimum absolute atomic E-state index is 0.512. The molecule has 1 aromatic heterocycles. The first kappa shape index (κ1) is 13.6. The van der Waals surface area contributed by atoms with Gasteiger partial charge in [-0.05, 0) is 24.6 Å². The van der Waals surface area contributed by atoms with Crippen LogP contribution in [-0.4, -0.2) is 38.5 Å². The summed E-state index contributed by atoms with van der Waals surface area (Å²) in [5, 5.41) is 3.11. The topological polar surface area (TPSA) is 82.5 Å². The zero-order valence-electron chi connectivity index (χ0n) is 11.0. The molecule has 0 spiro atoms. The van der Waals surface area contributed by atoms with Crippen molar-refractivity contribution in [3.05, 3.63) is 18.2 Å². The number of aromatic nitrogens is 1. The zero-order chi connectivity index (χ0) is 13.5. The average molecular weight is 265 g/mol. The number of nitrogens with one attached hydrogen (secondary N) is 1. The number of oxazole rings is 1. The molecule has 0 unspecified atom stereocenters. The number of fused-ring (bicyclic) bond motifs is 1. The molecule has 2 aromatic rings. The van der Waals surface area contributed by atoms with Gasteiger partial charge in [-0.2, -0.15) is 4.98 Å². The second-order valence-corrected chi connectivity index (χ2v) is 4.13. The Kier molecular flexibility index (Phi) is 5.00. The average Bonchev–Trinajstić information content (AvgIpc) is 2.79. The number of hydrogen-bond acceptors (Lipinski definition) is 6. The van der Waals surface area contributed by atoms with Crippen LogP contribution < -0.4 is 11.1 Å². The number of ether oxygens (including phenoxy) is 2. The number of nitrogen functional groups attached to an aromatic ring is 1. The molecule has 0 saturated heterocycles. The van der Waals surface area contributed by atoms with Crippen molar-refractivity contribution < 1.29 is 13.9 Å². The summed E-state index contributed by atoms with van der Waals surface area (Å²) < 4.78 is 15.8. The minimum Gasteiger partial charge on any atom is -0.424 e. The molecule has 0 aliphatic carbocycles. The SMILES string of the molecule is COCCOCCCNc1nc2cc(N)ccc2o1. The number of anilines is 2. The molecule has 19 heavy (non-hydrogen) atoms. The van der Waals surface area contributed by atoms with E-state index in [2.05, 4.69) is 10.3 Å². The van der Waals surface area contributed by atoms with E-state index in [0.29, 0.717) is 31.5 Å². The highest BCUT2D eigenvalue weighted by Crippen LogP contribution is 2.20. The van der Waals surface area contributed by atoms with E-state index in [1.54, 1.807) is 19.2 Å². The molecule has 6 nitrogen and oxygen atoms in total. The first-order valence-electron chi connectivity index (χ1n) is 6.26. The number of hydrogen-bond donors (Lipinski definition) is 2. The second-order valence-electron chi connectivity index (χ2n) is 4.13. The van der Waals surface area contributed by atoms with Gasteiger partial charge in [0.25, 0.3) is 6.01 Å². The molecule has 6 heteroatoms. The van der Waals surface area contributed by atoms with Crippen LogP contribution in [0.4, 0.5) is 11.7 Å². The third-order valence-corrected chi connectivity index (χ3v) is 2.59. The van der Waals surface area contributed by atoms with Crippen LogP contribution in [-0.2, 0) is 9.47 Å². The molecule has 0 atom stereocenters. The van der Waals surface area contributed by atoms with Crippen LogP contribution in [0.1, 0.15) is 6.42 Å². The van der Waals surface area contributed by atoms with Gasteiger partial charge in [-0.3, -0.25) is 0 Å². The minimum atomic E-state index is 0.512. The fourth-order valence-corrected chi connectivity index (χ4v) is 1.63. The van der Waals surface area contributed by atoms with Crippen LogP contribution in [0.15, 0.2) is 22.6 Å². The van der Waals surface area contributed by atoms with E-state index in [0.717, 1.165) is 24.1 Å². The van der Waals surface area contributed by atoms with Crippen LogP contribution in [0.3, 0.4) is 0 Å². The molecular formula is C13H19N3O3. The largest absolute Gasteiger partial charge is 0.424 e. The number of rotatable bonds is 8. The normalized spacial score (nSPS) is 11.0. The van der Waals surface area contributed by atoms with Gasteiger partial charge in [0.2, 0.25) is 0 Å². The quantitative estimate of drug-likeness (QED) is 0.560. The Morgan fingerprint density at radius 3 is 3.05 bits per heavy atom. The summed E-state index contributed by atoms with van der Waals surface area (Å²) in [5.41, 5.74) is 7.86. The highest BCUT2D eigenvalue weighted by atomic mass is 16.5. The smallest absolute Gasteiger partial charge is 0.295 e. The fourth-order valence-electron chi connectivity index (χ4n) is 1.63. The van der Waals surface area contributed by atoms with Crippen molar-refractivity contribution in [3.63, 3.8) is 0 Å². The standard InChI is InChI=1S/C13H19N3O3/c1-17-7-8-18-6-2-5-15-13-16-11-9-10(14)3-4-12(11)19-13/h3-4,9H,2,5-8,14H2,1H3,(H,15,16). The van der Waals surface area contributed by atoms with Crippen LogP contribution in [0.2, 0.25) is 0 Å². The molecule has 0 saturated carbocycles. The maximum Gasteiger partial charge on any atom is 0.295 e. The number of nitrogens with two attached hydrogens (primary N) is 1. The van der Waals surface area contributed by atoms with Crippen molar-refractivity contribution in [1.82, 2.24) is 4.98 Å². The Labute approximate surface area is 111 Å². The van der Waals surface area contributed by atoms with E-state index >= 15 is 0 Å². The van der Waals surface area contributed by atoms with Gasteiger partial charge in [0.1, 0.15) is 5.52 Å². The Bertz CT molecular complexity index is 513. The van der Waals surface area contributed by atoms with Crippen molar-refractivity contribution in [2.45, 2.75) is 6.42 Å². The number of nitrogens with zero attached hydrogens (tertiary/aromatic N) is 1. The fraction of sp³-hybridized carbons (Fsp3) is 0.462. The molecule has 0 aliphatic rings. The molecule has 0 aliphatic heterocycles. The first-order valence-corrected chi connectivity index (χ1v) is 6.26. The molecule has 0 radical (unpaired) electrons. The molecule has 1 aromatic carbocycles. The first-order chi connectivity index (χ1) is 9.29. The van der Waals surface area contributed by atoms with E-state index < -0.39 is 0 Å². The molecule has 104 valence electrons. The van der Waals surface area contributed by atoms with E-state index in [1.807, 2.05) is 6.07 Å². The summed E-state index contributed by atoms with van der Waals surface area (Å²) in [6.45, 7) is 2.68. The maximum absolute atomic E-state index is 5.68. The van der Waals surface area contributed by atoms with Crippen LogP contribution >= 0.6 is 0 Å². The molecular weight excluding hydrogens is 246 g/mol. The van der Waals surface area contributed by atoms with E-state index in [9.17, 15) is 0 Å². The Morgan fingerprint density at radius 2 is 2.21 bits per heavy atom. The van der Waals surface area contributed by atoms with Crippen LogP contribution in [0.5, 0.6) is 0 Å². The van der Waals surface area contributed by atoms with Gasteiger partial charge in [0.05, 0.1) is 13.2 Å². The second kappa shape index (κ2) is 6.96. The number of methoxy groups -OCH3 is 1. The van der Waals surface area contributed by atoms with Crippen molar-refractivity contribution in [3.8, 4) is 0 Å². The summed E-state index contributed by atoms with van der Waals surface area (Å²) in [6, 6.07) is 5.91. The molecule has 3 N–H and O–H groups in total. The van der Waals surface area contributed by atoms with Gasteiger partial charge in [-0.15, -0.1) is 0 Å². The summed E-state index contributed by atoms with van der Waals surface area (Å²) in [4.78, 5) is 4.30. The third kappa shape index (κ3) is 4.11. The van der Waals surface area contributed by atoms with Crippen molar-refractivity contribution in [1.29, 1.82) is 0 Å². The highest BCUT2D eigenvalue weighted by Gasteiger charge is 2.04. The summed E-state index contributed by atoms with van der Waals surface area (Å²) in [5.74, 6) is 0.